The number of carbonyl (C=O) groups is 1. The molecule has 164 valence electrons. The van der Waals surface area contributed by atoms with Crippen molar-refractivity contribution in [1.29, 1.82) is 0 Å². The van der Waals surface area contributed by atoms with E-state index in [1.54, 1.807) is 18.1 Å². The molecule has 3 heterocycles. The Kier molecular flexibility index (Phi) is 6.63. The van der Waals surface area contributed by atoms with Gasteiger partial charge >= 0.3 is 6.18 Å². The average molecular weight is 427 g/mol. The number of piperidine rings is 1. The summed E-state index contributed by atoms with van der Waals surface area (Å²) >= 11 is 0. The van der Waals surface area contributed by atoms with Crippen LogP contribution in [0.25, 0.3) is 0 Å². The zero-order valence-electron chi connectivity index (χ0n) is 16.8. The van der Waals surface area contributed by atoms with Crippen LogP contribution in [0.15, 0.2) is 12.4 Å². The Bertz CT molecular complexity index is 885. The van der Waals surface area contributed by atoms with Gasteiger partial charge in [-0.25, -0.2) is 4.98 Å². The number of hydrogen-bond acceptors (Lipinski definition) is 7. The lowest BCUT2D eigenvalue weighted by atomic mass is 10.1. The van der Waals surface area contributed by atoms with Crippen molar-refractivity contribution < 1.29 is 22.7 Å². The van der Waals surface area contributed by atoms with E-state index >= 15 is 0 Å². The second kappa shape index (κ2) is 9.18. The van der Waals surface area contributed by atoms with Crippen LogP contribution in [0, 0.1) is 0 Å². The van der Waals surface area contributed by atoms with Crippen molar-refractivity contribution in [2.75, 3.05) is 37.4 Å². The van der Waals surface area contributed by atoms with Gasteiger partial charge in [0.1, 0.15) is 17.1 Å². The van der Waals surface area contributed by atoms with Gasteiger partial charge in [-0.3, -0.25) is 9.48 Å². The molecule has 0 radical (unpaired) electrons. The fraction of sp³-hybridized carbons (Fsp3) is 0.556. The molecule has 2 aromatic rings. The molecule has 9 nitrogen and oxygen atoms in total. The topological polar surface area (TPSA) is 97.2 Å². The maximum atomic E-state index is 13.4. The van der Waals surface area contributed by atoms with Gasteiger partial charge < -0.3 is 20.3 Å². The number of aromatic nitrogens is 4. The molecule has 0 bridgehead atoms. The van der Waals surface area contributed by atoms with Crippen LogP contribution in [0.2, 0.25) is 0 Å². The van der Waals surface area contributed by atoms with Gasteiger partial charge in [0.15, 0.2) is 0 Å². The highest BCUT2D eigenvalue weighted by molar-refractivity contribution is 5.76. The van der Waals surface area contributed by atoms with Crippen LogP contribution >= 0.6 is 0 Å². The number of aryl methyl sites for hydroxylation is 1. The Morgan fingerprint density at radius 1 is 1.30 bits per heavy atom. The molecular weight excluding hydrogens is 403 g/mol. The molecule has 0 saturated carbocycles. The summed E-state index contributed by atoms with van der Waals surface area (Å²) in [4.78, 5) is 21.3. The number of ether oxygens (including phenoxy) is 1. The van der Waals surface area contributed by atoms with Gasteiger partial charge in [-0.2, -0.15) is 18.2 Å². The molecule has 0 unspecified atom stereocenters. The molecule has 0 atom stereocenters. The molecule has 30 heavy (non-hydrogen) atoms. The van der Waals surface area contributed by atoms with Gasteiger partial charge in [0, 0.05) is 39.3 Å². The normalized spacial score (nSPS) is 14.7. The summed E-state index contributed by atoms with van der Waals surface area (Å²) in [7, 11) is 3.11. The van der Waals surface area contributed by atoms with Crippen molar-refractivity contribution in [2.24, 2.45) is 7.05 Å². The number of methoxy groups -OCH3 is 1. The molecule has 0 spiro atoms. The van der Waals surface area contributed by atoms with E-state index in [0.717, 1.165) is 19.0 Å². The molecule has 0 aromatic carbocycles. The lowest BCUT2D eigenvalue weighted by molar-refractivity contribution is -0.137. The summed E-state index contributed by atoms with van der Waals surface area (Å²) in [6, 6.07) is 0. The largest absolute Gasteiger partial charge is 0.478 e. The third-order valence-electron chi connectivity index (χ3n) is 4.65. The molecule has 1 amide bonds. The molecule has 2 N–H and O–H groups in total. The zero-order valence-corrected chi connectivity index (χ0v) is 16.8. The number of anilines is 3. The van der Waals surface area contributed by atoms with Crippen LogP contribution in [0.4, 0.5) is 30.6 Å². The number of nitrogens with one attached hydrogen (secondary N) is 2. The van der Waals surface area contributed by atoms with Crippen LogP contribution in [0.1, 0.15) is 31.2 Å². The molecule has 12 heteroatoms. The summed E-state index contributed by atoms with van der Waals surface area (Å²) in [5, 5.41) is 9.62. The Balaban J connectivity index is 1.69. The van der Waals surface area contributed by atoms with Crippen molar-refractivity contribution in [3.8, 4) is 5.88 Å². The van der Waals surface area contributed by atoms with Gasteiger partial charge in [-0.05, 0) is 19.3 Å². The number of likely N-dealkylation sites (tertiary alicyclic amines) is 1. The number of rotatable bonds is 8. The Morgan fingerprint density at radius 2 is 2.10 bits per heavy atom. The second-order valence-corrected chi connectivity index (χ2v) is 6.92. The molecule has 1 aliphatic rings. The van der Waals surface area contributed by atoms with Crippen LogP contribution in [-0.4, -0.2) is 57.3 Å². The fourth-order valence-electron chi connectivity index (χ4n) is 3.18. The smallest absolute Gasteiger partial charge is 0.421 e. The fourth-order valence-corrected chi connectivity index (χ4v) is 3.18. The summed E-state index contributed by atoms with van der Waals surface area (Å²) in [6.07, 6.45) is 0.612. The minimum Gasteiger partial charge on any atom is -0.478 e. The lowest BCUT2D eigenvalue weighted by Gasteiger charge is -2.26. The Hall–Kier alpha value is -3.05. The predicted molar refractivity (Wildman–Crippen MR) is 104 cm³/mol. The highest BCUT2D eigenvalue weighted by Gasteiger charge is 2.35. The van der Waals surface area contributed by atoms with E-state index in [9.17, 15) is 18.0 Å². The highest BCUT2D eigenvalue weighted by Crippen LogP contribution is 2.34. The maximum absolute atomic E-state index is 13.4. The standard InChI is InChI=1S/C18H24F3N7O2/c1-27-11-13(16(26-27)30-2)24-17-23-10-12(18(19,20)21)15(25-17)22-7-5-9-28-8-4-3-6-14(28)29/h10-11H,3-9H2,1-2H3,(H2,22,23,24,25). The Morgan fingerprint density at radius 3 is 2.80 bits per heavy atom. The maximum Gasteiger partial charge on any atom is 0.421 e. The van der Waals surface area contributed by atoms with E-state index in [1.807, 2.05) is 0 Å². The zero-order chi connectivity index (χ0) is 21.7. The van der Waals surface area contributed by atoms with Crippen molar-refractivity contribution in [2.45, 2.75) is 31.9 Å². The van der Waals surface area contributed by atoms with Crippen molar-refractivity contribution in [1.82, 2.24) is 24.6 Å². The van der Waals surface area contributed by atoms with E-state index in [0.29, 0.717) is 31.6 Å². The van der Waals surface area contributed by atoms with E-state index in [-0.39, 0.29) is 30.1 Å². The number of alkyl halides is 3. The van der Waals surface area contributed by atoms with E-state index in [1.165, 1.54) is 11.8 Å². The number of amides is 1. The van der Waals surface area contributed by atoms with E-state index in [4.69, 9.17) is 4.74 Å². The first kappa shape index (κ1) is 21.7. The number of halogens is 3. The summed E-state index contributed by atoms with van der Waals surface area (Å²) in [5.74, 6) is 0.00807. The quantitative estimate of drug-likeness (QED) is 0.625. The number of carbonyl (C=O) groups excluding carboxylic acids is 1. The first-order valence-corrected chi connectivity index (χ1v) is 9.58. The van der Waals surface area contributed by atoms with Gasteiger partial charge in [0.2, 0.25) is 11.9 Å². The minimum absolute atomic E-state index is 0.0250. The van der Waals surface area contributed by atoms with Gasteiger partial charge in [0.25, 0.3) is 5.88 Å². The summed E-state index contributed by atoms with van der Waals surface area (Å²) < 4.78 is 46.7. The average Bonchev–Trinajstić information content (AvgIpc) is 3.05. The molecule has 2 aromatic heterocycles. The third-order valence-corrected chi connectivity index (χ3v) is 4.65. The van der Waals surface area contributed by atoms with Crippen LogP contribution in [-0.2, 0) is 18.0 Å². The Labute approximate surface area is 171 Å². The minimum atomic E-state index is -4.60. The summed E-state index contributed by atoms with van der Waals surface area (Å²) in [6.45, 7) is 1.43. The second-order valence-electron chi connectivity index (χ2n) is 6.92. The van der Waals surface area contributed by atoms with Gasteiger partial charge in [-0.15, -0.1) is 5.10 Å². The van der Waals surface area contributed by atoms with Crippen LogP contribution in [0.3, 0.4) is 0 Å². The molecule has 0 aliphatic carbocycles. The van der Waals surface area contributed by atoms with E-state index in [2.05, 4.69) is 25.7 Å². The highest BCUT2D eigenvalue weighted by atomic mass is 19.4. The molecule has 1 saturated heterocycles. The van der Waals surface area contributed by atoms with Gasteiger partial charge in [-0.1, -0.05) is 0 Å². The van der Waals surface area contributed by atoms with Crippen molar-refractivity contribution >= 4 is 23.4 Å². The molecule has 1 fully saturated rings. The first-order valence-electron chi connectivity index (χ1n) is 9.58. The third kappa shape index (κ3) is 5.30. The monoisotopic (exact) mass is 427 g/mol. The molecular formula is C18H24F3N7O2. The van der Waals surface area contributed by atoms with Crippen molar-refractivity contribution in [3.05, 3.63) is 18.0 Å². The predicted octanol–water partition coefficient (Wildman–Crippen LogP) is 2.80. The van der Waals surface area contributed by atoms with Gasteiger partial charge in [0.05, 0.1) is 13.3 Å². The number of nitrogens with zero attached hydrogens (tertiary/aromatic N) is 5. The lowest BCUT2D eigenvalue weighted by Crippen LogP contribution is -2.36. The molecule has 3 rings (SSSR count). The molecule has 1 aliphatic heterocycles. The summed E-state index contributed by atoms with van der Waals surface area (Å²) in [5.41, 5.74) is -0.533. The first-order chi connectivity index (χ1) is 14.3. The van der Waals surface area contributed by atoms with Crippen LogP contribution < -0.4 is 15.4 Å². The SMILES string of the molecule is COc1nn(C)cc1Nc1ncc(C(F)(F)F)c(NCCCN2CCCCC2=O)n1. The van der Waals surface area contributed by atoms with E-state index < -0.39 is 11.7 Å². The van der Waals surface area contributed by atoms with Crippen LogP contribution in [0.5, 0.6) is 5.88 Å². The number of hydrogen-bond donors (Lipinski definition) is 2. The van der Waals surface area contributed by atoms with Crippen molar-refractivity contribution in [3.63, 3.8) is 0 Å².